The Labute approximate surface area is 89.3 Å². The maximum absolute atomic E-state index is 10.9. The number of carbonyl (C=O) groups excluding carboxylic acids is 2. The van der Waals surface area contributed by atoms with Crippen LogP contribution in [0.1, 0.15) is 6.42 Å². The zero-order valence-corrected chi connectivity index (χ0v) is 8.79. The van der Waals surface area contributed by atoms with Crippen LogP contribution in [-0.2, 0) is 23.7 Å². The summed E-state index contributed by atoms with van der Waals surface area (Å²) >= 11 is 0. The highest BCUT2D eigenvalue weighted by molar-refractivity contribution is 7.52. The molecule has 0 bridgehead atoms. The van der Waals surface area contributed by atoms with Crippen molar-refractivity contribution in [2.45, 2.75) is 12.5 Å². The molecule has 0 heterocycles. The van der Waals surface area contributed by atoms with Crippen molar-refractivity contribution in [2.75, 3.05) is 6.16 Å². The van der Waals surface area contributed by atoms with Crippen LogP contribution in [0, 0.1) is 0 Å². The van der Waals surface area contributed by atoms with Crippen molar-refractivity contribution in [3.8, 4) is 0 Å². The lowest BCUT2D eigenvalue weighted by molar-refractivity contribution is -0.160. The maximum Gasteiger partial charge on any atom is 0.336 e. The minimum Gasteiger partial charge on any atom is -0.481 e. The zero-order valence-electron chi connectivity index (χ0n) is 7.90. The minimum atomic E-state index is -4.62. The third-order valence-corrected chi connectivity index (χ3v) is 1.92. The molecule has 0 saturated heterocycles. The predicted molar refractivity (Wildman–Crippen MR) is 48.2 cm³/mol. The number of esters is 2. The van der Waals surface area contributed by atoms with E-state index in [4.69, 9.17) is 20.6 Å². The summed E-state index contributed by atoms with van der Waals surface area (Å²) in [5.41, 5.74) is 5.03. The van der Waals surface area contributed by atoms with Gasteiger partial charge in [0.25, 0.3) is 0 Å². The maximum atomic E-state index is 10.9. The van der Waals surface area contributed by atoms with Crippen LogP contribution in [0.4, 0.5) is 0 Å². The largest absolute Gasteiger partial charge is 0.481 e. The molecule has 0 aromatic rings. The Kier molecular flexibility index (Phi) is 5.25. The first-order chi connectivity index (χ1) is 7.11. The summed E-state index contributed by atoms with van der Waals surface area (Å²) in [6.45, 7) is 0. The molecule has 92 valence electrons. The summed E-state index contributed by atoms with van der Waals surface area (Å²) < 4.78 is 14.3. The van der Waals surface area contributed by atoms with Gasteiger partial charge in [-0.3, -0.25) is 14.2 Å². The van der Waals surface area contributed by atoms with E-state index in [1.807, 2.05) is 0 Å². The molecule has 9 nitrogen and oxygen atoms in total. The van der Waals surface area contributed by atoms with Gasteiger partial charge in [-0.2, -0.15) is 0 Å². The van der Waals surface area contributed by atoms with Crippen LogP contribution in [0.5, 0.6) is 0 Å². The molecule has 0 spiro atoms. The molecule has 16 heavy (non-hydrogen) atoms. The third kappa shape index (κ3) is 7.07. The smallest absolute Gasteiger partial charge is 0.336 e. The van der Waals surface area contributed by atoms with Gasteiger partial charge in [0.2, 0.25) is 0 Å². The van der Waals surface area contributed by atoms with Crippen molar-refractivity contribution in [1.29, 1.82) is 0 Å². The van der Waals surface area contributed by atoms with E-state index in [0.29, 0.717) is 0 Å². The fourth-order valence-corrected chi connectivity index (χ4v) is 1.06. The SMILES string of the molecule is NC(CC(=O)O)C(=O)OC(=O)CP(=O)(O)O. The Bertz CT molecular complexity index is 346. The fourth-order valence-electron chi connectivity index (χ4n) is 0.660. The van der Waals surface area contributed by atoms with Crippen LogP contribution < -0.4 is 5.73 Å². The molecule has 0 rings (SSSR count). The van der Waals surface area contributed by atoms with E-state index in [1.54, 1.807) is 0 Å². The molecule has 0 aliphatic carbocycles. The molecule has 0 saturated carbocycles. The molecule has 0 aromatic carbocycles. The van der Waals surface area contributed by atoms with Gasteiger partial charge in [-0.1, -0.05) is 0 Å². The molecule has 0 amide bonds. The number of carboxylic acid groups (broad SMARTS) is 1. The van der Waals surface area contributed by atoms with Crippen molar-refractivity contribution >= 4 is 25.5 Å². The van der Waals surface area contributed by atoms with E-state index in [0.717, 1.165) is 0 Å². The highest BCUT2D eigenvalue weighted by atomic mass is 31.2. The predicted octanol–water partition coefficient (Wildman–Crippen LogP) is -1.96. The molecule has 10 heteroatoms. The highest BCUT2D eigenvalue weighted by Crippen LogP contribution is 2.33. The lowest BCUT2D eigenvalue weighted by atomic mass is 10.2. The first-order valence-electron chi connectivity index (χ1n) is 3.88. The molecule has 0 aromatic heterocycles. The van der Waals surface area contributed by atoms with Crippen LogP contribution >= 0.6 is 7.60 Å². The van der Waals surface area contributed by atoms with Gasteiger partial charge in [0.1, 0.15) is 12.2 Å². The lowest BCUT2D eigenvalue weighted by Gasteiger charge is -2.08. The van der Waals surface area contributed by atoms with Crippen molar-refractivity contribution in [1.82, 2.24) is 0 Å². The van der Waals surface area contributed by atoms with E-state index in [9.17, 15) is 18.9 Å². The number of aliphatic carboxylic acids is 1. The normalized spacial score (nSPS) is 12.9. The second-order valence-corrected chi connectivity index (χ2v) is 4.47. The Hall–Kier alpha value is -1.28. The van der Waals surface area contributed by atoms with E-state index in [2.05, 4.69) is 4.74 Å². The lowest BCUT2D eigenvalue weighted by Crippen LogP contribution is -2.36. The van der Waals surface area contributed by atoms with Crippen LogP contribution in [0.2, 0.25) is 0 Å². The van der Waals surface area contributed by atoms with Gasteiger partial charge < -0.3 is 25.4 Å². The van der Waals surface area contributed by atoms with E-state index in [-0.39, 0.29) is 0 Å². The standard InChI is InChI=1S/C6H10NO8P/c7-3(1-4(8)9)6(11)15-5(10)2-16(12,13)14/h3H,1-2,7H2,(H,8,9)(H2,12,13,14). The van der Waals surface area contributed by atoms with E-state index >= 15 is 0 Å². The summed E-state index contributed by atoms with van der Waals surface area (Å²) in [4.78, 5) is 48.5. The van der Waals surface area contributed by atoms with E-state index in [1.165, 1.54) is 0 Å². The summed E-state index contributed by atoms with van der Waals surface area (Å²) in [7, 11) is -4.62. The quantitative estimate of drug-likeness (QED) is 0.248. The number of ether oxygens (including phenoxy) is 1. The van der Waals surface area contributed by atoms with Gasteiger partial charge in [-0.05, 0) is 0 Å². The van der Waals surface area contributed by atoms with Crippen molar-refractivity contribution in [3.05, 3.63) is 0 Å². The Morgan fingerprint density at radius 1 is 1.31 bits per heavy atom. The van der Waals surface area contributed by atoms with Crippen LogP contribution in [0.3, 0.4) is 0 Å². The van der Waals surface area contributed by atoms with Crippen molar-refractivity contribution in [3.63, 3.8) is 0 Å². The molecule has 1 unspecified atom stereocenters. The molecule has 1 atom stereocenters. The van der Waals surface area contributed by atoms with Crippen molar-refractivity contribution < 1.29 is 38.6 Å². The first-order valence-corrected chi connectivity index (χ1v) is 5.68. The van der Waals surface area contributed by atoms with Gasteiger partial charge in [-0.25, -0.2) is 4.79 Å². The first kappa shape index (κ1) is 14.7. The summed E-state index contributed by atoms with van der Waals surface area (Å²) in [6.07, 6.45) is -2.01. The van der Waals surface area contributed by atoms with Gasteiger partial charge in [0.05, 0.1) is 6.42 Å². The summed E-state index contributed by atoms with van der Waals surface area (Å²) in [5.74, 6) is -4.17. The number of carboxylic acids is 1. The molecular formula is C6H10NO8P. The second-order valence-electron chi connectivity index (χ2n) is 2.82. The monoisotopic (exact) mass is 255 g/mol. The average molecular weight is 255 g/mol. The van der Waals surface area contributed by atoms with Crippen molar-refractivity contribution in [2.24, 2.45) is 5.73 Å². The Balaban J connectivity index is 4.20. The number of nitrogens with two attached hydrogens (primary N) is 1. The number of rotatable bonds is 5. The Morgan fingerprint density at radius 3 is 2.19 bits per heavy atom. The highest BCUT2D eigenvalue weighted by Gasteiger charge is 2.26. The summed E-state index contributed by atoms with van der Waals surface area (Å²) in [6, 6.07) is -1.56. The molecule has 0 aliphatic rings. The average Bonchev–Trinajstić information content (AvgIpc) is 1.98. The molecule has 0 radical (unpaired) electrons. The molecular weight excluding hydrogens is 245 g/mol. The zero-order chi connectivity index (χ0) is 12.9. The van der Waals surface area contributed by atoms with Gasteiger partial charge in [0, 0.05) is 0 Å². The number of hydrogen-bond acceptors (Lipinski definition) is 6. The van der Waals surface area contributed by atoms with Crippen LogP contribution in [-0.4, -0.2) is 45.0 Å². The minimum absolute atomic E-state index is 0.748. The number of hydrogen-bond donors (Lipinski definition) is 4. The van der Waals surface area contributed by atoms with E-state index < -0.39 is 44.1 Å². The molecule has 5 N–H and O–H groups in total. The van der Waals surface area contributed by atoms with Gasteiger partial charge in [0.15, 0.2) is 0 Å². The fraction of sp³-hybridized carbons (Fsp3) is 0.500. The third-order valence-electron chi connectivity index (χ3n) is 1.25. The molecule has 0 aliphatic heterocycles. The second kappa shape index (κ2) is 5.71. The van der Waals surface area contributed by atoms with Gasteiger partial charge >= 0.3 is 25.5 Å². The van der Waals surface area contributed by atoms with Crippen LogP contribution in [0.25, 0.3) is 0 Å². The topological polar surface area (TPSA) is 164 Å². The number of carbonyl (C=O) groups is 3. The Morgan fingerprint density at radius 2 is 1.81 bits per heavy atom. The van der Waals surface area contributed by atoms with Gasteiger partial charge in [-0.15, -0.1) is 0 Å². The molecule has 0 fully saturated rings. The van der Waals surface area contributed by atoms with Crippen LogP contribution in [0.15, 0.2) is 0 Å². The summed E-state index contributed by atoms with van der Waals surface area (Å²) in [5, 5.41) is 8.26.